The lowest BCUT2D eigenvalue weighted by Gasteiger charge is -2.37. The lowest BCUT2D eigenvalue weighted by Crippen LogP contribution is -2.50. The van der Waals surface area contributed by atoms with Crippen LogP contribution in [0.1, 0.15) is 12.8 Å². The van der Waals surface area contributed by atoms with E-state index in [-0.39, 0.29) is 29.8 Å². The zero-order chi connectivity index (χ0) is 13.4. The van der Waals surface area contributed by atoms with Crippen molar-refractivity contribution in [1.82, 2.24) is 4.90 Å². The Labute approximate surface area is 112 Å². The number of hydrogen-bond donors (Lipinski definition) is 1. The number of rotatable bonds is 4. The van der Waals surface area contributed by atoms with Crippen LogP contribution in [0.4, 0.5) is 0 Å². The van der Waals surface area contributed by atoms with E-state index >= 15 is 0 Å². The molecule has 2 heterocycles. The smallest absolute Gasteiger partial charge is 0.229 e. The van der Waals surface area contributed by atoms with E-state index in [4.69, 9.17) is 4.74 Å². The first-order valence-corrected chi connectivity index (χ1v) is 7.05. The summed E-state index contributed by atoms with van der Waals surface area (Å²) in [6, 6.07) is 0. The van der Waals surface area contributed by atoms with Gasteiger partial charge in [-0.1, -0.05) is 12.2 Å². The topological polar surface area (TPSA) is 49.8 Å². The third-order valence-electron chi connectivity index (χ3n) is 5.67. The summed E-state index contributed by atoms with van der Waals surface area (Å²) in [6.45, 7) is 8.08. The van der Waals surface area contributed by atoms with Crippen molar-refractivity contribution in [3.05, 3.63) is 25.3 Å². The van der Waals surface area contributed by atoms with Crippen molar-refractivity contribution in [1.29, 1.82) is 0 Å². The fourth-order valence-electron chi connectivity index (χ4n) is 5.24. The van der Waals surface area contributed by atoms with Crippen LogP contribution in [0.2, 0.25) is 0 Å². The number of carbonyl (C=O) groups excluding carboxylic acids is 1. The van der Waals surface area contributed by atoms with Gasteiger partial charge >= 0.3 is 0 Å². The van der Waals surface area contributed by atoms with Gasteiger partial charge in [0.25, 0.3) is 0 Å². The number of aliphatic hydroxyl groups is 1. The van der Waals surface area contributed by atoms with Crippen LogP contribution in [0.15, 0.2) is 25.3 Å². The summed E-state index contributed by atoms with van der Waals surface area (Å²) >= 11 is 0. The minimum absolute atomic E-state index is 0.0568. The van der Waals surface area contributed by atoms with Crippen LogP contribution in [-0.4, -0.2) is 40.4 Å². The molecule has 0 aromatic carbocycles. The predicted octanol–water partition coefficient (Wildman–Crippen LogP) is 0.929. The average Bonchev–Trinajstić information content (AvgIpc) is 3.03. The first-order valence-electron chi connectivity index (χ1n) is 7.05. The van der Waals surface area contributed by atoms with Crippen LogP contribution in [0.3, 0.4) is 0 Å². The molecule has 2 saturated heterocycles. The highest BCUT2D eigenvalue weighted by Gasteiger charge is 2.77. The van der Waals surface area contributed by atoms with E-state index in [1.165, 1.54) is 0 Å². The molecule has 2 bridgehead atoms. The molecule has 0 radical (unpaired) electrons. The van der Waals surface area contributed by atoms with Gasteiger partial charge in [-0.2, -0.15) is 0 Å². The van der Waals surface area contributed by atoms with Crippen molar-refractivity contribution < 1.29 is 14.6 Å². The number of likely N-dealkylation sites (tertiary alicyclic amines) is 1. The van der Waals surface area contributed by atoms with Gasteiger partial charge in [0.2, 0.25) is 5.91 Å². The Kier molecular flexibility index (Phi) is 2.15. The molecule has 0 aromatic heterocycles. The van der Waals surface area contributed by atoms with E-state index in [0.29, 0.717) is 18.9 Å². The van der Waals surface area contributed by atoms with Crippen molar-refractivity contribution in [3.8, 4) is 0 Å². The summed E-state index contributed by atoms with van der Waals surface area (Å²) in [7, 11) is 0. The van der Waals surface area contributed by atoms with E-state index in [1.54, 1.807) is 6.08 Å². The number of fused-ring (bicyclic) bond motifs is 2. The highest BCUT2D eigenvalue weighted by atomic mass is 16.6. The van der Waals surface area contributed by atoms with E-state index in [9.17, 15) is 9.90 Å². The summed E-state index contributed by atoms with van der Waals surface area (Å²) in [5.74, 6) is 0.740. The monoisotopic (exact) mass is 261 g/mol. The molecule has 7 unspecified atom stereocenters. The summed E-state index contributed by atoms with van der Waals surface area (Å²) in [5, 5.41) is 10.3. The Morgan fingerprint density at radius 2 is 2.21 bits per heavy atom. The van der Waals surface area contributed by atoms with Crippen LogP contribution in [0.25, 0.3) is 0 Å². The second-order valence-electron chi connectivity index (χ2n) is 6.26. The first kappa shape index (κ1) is 11.7. The van der Waals surface area contributed by atoms with Gasteiger partial charge in [-0.25, -0.2) is 0 Å². The van der Waals surface area contributed by atoms with Crippen molar-refractivity contribution in [3.63, 3.8) is 0 Å². The number of hydrogen-bond acceptors (Lipinski definition) is 3. The highest BCUT2D eigenvalue weighted by molar-refractivity contribution is 5.84. The molecule has 4 aliphatic rings. The summed E-state index contributed by atoms with van der Waals surface area (Å²) < 4.78 is 6.24. The number of nitrogens with zero attached hydrogens (tertiary/aromatic N) is 1. The maximum Gasteiger partial charge on any atom is 0.229 e. The molecule has 2 saturated carbocycles. The molecule has 7 atom stereocenters. The Balaban J connectivity index is 1.84. The molecule has 1 N–H and O–H groups in total. The van der Waals surface area contributed by atoms with Crippen LogP contribution >= 0.6 is 0 Å². The van der Waals surface area contributed by atoms with Gasteiger partial charge in [-0.05, 0) is 18.3 Å². The third kappa shape index (κ3) is 1.08. The van der Waals surface area contributed by atoms with Crippen molar-refractivity contribution >= 4 is 5.91 Å². The van der Waals surface area contributed by atoms with Crippen LogP contribution in [-0.2, 0) is 9.53 Å². The summed E-state index contributed by atoms with van der Waals surface area (Å²) in [5.41, 5.74) is -0.570. The Morgan fingerprint density at radius 3 is 2.89 bits per heavy atom. The standard InChI is InChI=1S/C15H19NO3/c1-3-5-15-11-9-7-8(12(17)13(9)19-15)10(11)14(18)16(15)6-4-2/h3-4,8-13,17H,1-2,5-7H2. The van der Waals surface area contributed by atoms with E-state index in [2.05, 4.69) is 13.2 Å². The van der Waals surface area contributed by atoms with Gasteiger partial charge in [-0.3, -0.25) is 4.79 Å². The molecule has 4 rings (SSSR count). The minimum Gasteiger partial charge on any atom is -0.390 e. The largest absolute Gasteiger partial charge is 0.390 e. The molecule has 1 amide bonds. The number of amides is 1. The third-order valence-corrected chi connectivity index (χ3v) is 5.67. The van der Waals surface area contributed by atoms with Crippen LogP contribution in [0, 0.1) is 23.7 Å². The molecule has 2 aliphatic carbocycles. The van der Waals surface area contributed by atoms with Crippen molar-refractivity contribution in [2.75, 3.05) is 6.54 Å². The number of ether oxygens (including phenoxy) is 1. The molecule has 102 valence electrons. The van der Waals surface area contributed by atoms with Gasteiger partial charge in [0.1, 0.15) is 0 Å². The average molecular weight is 261 g/mol. The quantitative estimate of drug-likeness (QED) is 0.766. The fraction of sp³-hybridized carbons (Fsp3) is 0.667. The van der Waals surface area contributed by atoms with Crippen molar-refractivity contribution in [2.24, 2.45) is 23.7 Å². The summed E-state index contributed by atoms with van der Waals surface area (Å²) in [4.78, 5) is 14.5. The van der Waals surface area contributed by atoms with Gasteiger partial charge in [0.05, 0.1) is 18.1 Å². The Bertz CT molecular complexity index is 476. The highest BCUT2D eigenvalue weighted by Crippen LogP contribution is 2.68. The molecule has 4 nitrogen and oxygen atoms in total. The molecule has 4 heteroatoms. The zero-order valence-corrected chi connectivity index (χ0v) is 10.9. The van der Waals surface area contributed by atoms with Gasteiger partial charge in [0, 0.05) is 18.9 Å². The maximum atomic E-state index is 12.7. The normalized spacial score (nSPS) is 53.1. The first-order chi connectivity index (χ1) is 9.15. The molecule has 4 fully saturated rings. The number of aliphatic hydroxyl groups excluding tert-OH is 1. The lowest BCUT2D eigenvalue weighted by molar-refractivity contribution is -0.174. The molecule has 19 heavy (non-hydrogen) atoms. The fourth-order valence-corrected chi connectivity index (χ4v) is 5.24. The Morgan fingerprint density at radius 1 is 1.42 bits per heavy atom. The molecular formula is C15H19NO3. The maximum absolute atomic E-state index is 12.7. The SMILES string of the molecule is C=CCN1C(=O)C2C3CC4C(OC1(CC=C)C42)C3O. The van der Waals surface area contributed by atoms with Gasteiger partial charge in [-0.15, -0.1) is 13.2 Å². The molecule has 0 aromatic rings. The number of carbonyl (C=O) groups is 1. The van der Waals surface area contributed by atoms with E-state index in [1.807, 2.05) is 11.0 Å². The second-order valence-corrected chi connectivity index (χ2v) is 6.26. The van der Waals surface area contributed by atoms with Crippen LogP contribution < -0.4 is 0 Å². The van der Waals surface area contributed by atoms with E-state index < -0.39 is 11.8 Å². The second kappa shape index (κ2) is 3.49. The zero-order valence-electron chi connectivity index (χ0n) is 10.9. The molecule has 0 spiro atoms. The van der Waals surface area contributed by atoms with E-state index in [0.717, 1.165) is 6.42 Å². The lowest BCUT2D eigenvalue weighted by atomic mass is 9.76. The molecular weight excluding hydrogens is 242 g/mol. The molecule has 2 aliphatic heterocycles. The van der Waals surface area contributed by atoms with Gasteiger partial charge < -0.3 is 14.7 Å². The summed E-state index contributed by atoms with van der Waals surface area (Å²) in [6.07, 6.45) is 4.60. The Hall–Kier alpha value is -1.13. The minimum atomic E-state index is -0.570. The predicted molar refractivity (Wildman–Crippen MR) is 68.9 cm³/mol. The van der Waals surface area contributed by atoms with Crippen molar-refractivity contribution in [2.45, 2.75) is 30.8 Å². The van der Waals surface area contributed by atoms with Crippen LogP contribution in [0.5, 0.6) is 0 Å². The van der Waals surface area contributed by atoms with Gasteiger partial charge in [0.15, 0.2) is 5.72 Å².